The monoisotopic (exact) mass is 238 g/mol. The largest absolute Gasteiger partial charge is 0.490 e. The summed E-state index contributed by atoms with van der Waals surface area (Å²) in [7, 11) is 0. The highest BCUT2D eigenvalue weighted by Gasteiger charge is 2.07. The molecule has 0 saturated carbocycles. The van der Waals surface area contributed by atoms with E-state index in [0.29, 0.717) is 19.0 Å². The summed E-state index contributed by atoms with van der Waals surface area (Å²) in [5, 5.41) is 12.8. The van der Waals surface area contributed by atoms with Crippen molar-refractivity contribution in [2.24, 2.45) is 0 Å². The second kappa shape index (κ2) is 7.90. The Morgan fingerprint density at radius 2 is 2.24 bits per heavy atom. The summed E-state index contributed by atoms with van der Waals surface area (Å²) in [6.45, 7) is 5.31. The van der Waals surface area contributed by atoms with Gasteiger partial charge in [0.2, 0.25) is 0 Å². The van der Waals surface area contributed by atoms with Gasteiger partial charge in [-0.05, 0) is 25.0 Å². The van der Waals surface area contributed by atoms with E-state index in [2.05, 4.69) is 24.1 Å². The maximum atomic E-state index is 9.65. The first-order chi connectivity index (χ1) is 8.27. The molecule has 1 aromatic rings. The van der Waals surface area contributed by atoms with Crippen LogP contribution < -0.4 is 10.1 Å². The van der Waals surface area contributed by atoms with E-state index in [1.165, 1.54) is 0 Å². The van der Waals surface area contributed by atoms with E-state index in [-0.39, 0.29) is 6.10 Å². The van der Waals surface area contributed by atoms with Crippen molar-refractivity contribution in [3.05, 3.63) is 18.3 Å². The van der Waals surface area contributed by atoms with Crippen LogP contribution in [0, 0.1) is 0 Å². The molecule has 1 atom stereocenters. The van der Waals surface area contributed by atoms with Crippen LogP contribution in [0.5, 0.6) is 5.75 Å². The summed E-state index contributed by atoms with van der Waals surface area (Å²) >= 11 is 0. The van der Waals surface area contributed by atoms with Crippen LogP contribution >= 0.6 is 0 Å². The first-order valence-corrected chi connectivity index (χ1v) is 6.27. The molecule has 0 radical (unpaired) electrons. The lowest BCUT2D eigenvalue weighted by Gasteiger charge is -2.14. The van der Waals surface area contributed by atoms with Gasteiger partial charge < -0.3 is 15.2 Å². The van der Waals surface area contributed by atoms with E-state index in [1.54, 1.807) is 6.20 Å². The smallest absolute Gasteiger partial charge is 0.168 e. The zero-order valence-corrected chi connectivity index (χ0v) is 10.6. The predicted molar refractivity (Wildman–Crippen MR) is 69.4 cm³/mol. The molecule has 0 fully saturated rings. The molecule has 0 aliphatic rings. The zero-order valence-electron chi connectivity index (χ0n) is 10.6. The van der Waals surface area contributed by atoms with Gasteiger partial charge in [0.15, 0.2) is 11.6 Å². The number of aromatic nitrogens is 1. The van der Waals surface area contributed by atoms with Crippen LogP contribution in [0.25, 0.3) is 0 Å². The standard InChI is InChI=1S/C13H22N2O2/c1-3-6-11(16)10-15-13-12(17-9-4-2)7-5-8-14-13/h5,7-8,11,16H,3-4,6,9-10H2,1-2H3,(H,14,15). The summed E-state index contributed by atoms with van der Waals surface area (Å²) in [6.07, 6.45) is 4.12. The van der Waals surface area contributed by atoms with Crippen molar-refractivity contribution in [3.8, 4) is 5.75 Å². The van der Waals surface area contributed by atoms with Crippen molar-refractivity contribution in [2.45, 2.75) is 39.2 Å². The highest BCUT2D eigenvalue weighted by atomic mass is 16.5. The summed E-state index contributed by atoms with van der Waals surface area (Å²) in [5.74, 6) is 1.45. The first-order valence-electron chi connectivity index (χ1n) is 6.27. The maximum Gasteiger partial charge on any atom is 0.168 e. The predicted octanol–water partition coefficient (Wildman–Crippen LogP) is 2.44. The number of anilines is 1. The van der Waals surface area contributed by atoms with Gasteiger partial charge in [-0.2, -0.15) is 0 Å². The third-order valence-electron chi connectivity index (χ3n) is 2.36. The second-order valence-electron chi connectivity index (χ2n) is 4.02. The Labute approximate surface area is 103 Å². The highest BCUT2D eigenvalue weighted by Crippen LogP contribution is 2.20. The van der Waals surface area contributed by atoms with E-state index < -0.39 is 0 Å². The molecular formula is C13H22N2O2. The molecule has 1 rings (SSSR count). The van der Waals surface area contributed by atoms with Crippen LogP contribution in [0.2, 0.25) is 0 Å². The summed E-state index contributed by atoms with van der Waals surface area (Å²) in [5.41, 5.74) is 0. The molecule has 0 aliphatic carbocycles. The fourth-order valence-electron chi connectivity index (χ4n) is 1.50. The molecule has 1 aromatic heterocycles. The van der Waals surface area contributed by atoms with E-state index in [9.17, 15) is 5.11 Å². The average Bonchev–Trinajstić information content (AvgIpc) is 2.35. The Morgan fingerprint density at radius 1 is 1.41 bits per heavy atom. The molecule has 17 heavy (non-hydrogen) atoms. The molecule has 0 saturated heterocycles. The second-order valence-corrected chi connectivity index (χ2v) is 4.02. The molecule has 4 heteroatoms. The van der Waals surface area contributed by atoms with Gasteiger partial charge in [-0.1, -0.05) is 20.3 Å². The summed E-state index contributed by atoms with van der Waals surface area (Å²) in [4.78, 5) is 4.22. The van der Waals surface area contributed by atoms with E-state index in [1.807, 2.05) is 12.1 Å². The summed E-state index contributed by atoms with van der Waals surface area (Å²) < 4.78 is 5.57. The van der Waals surface area contributed by atoms with Gasteiger partial charge in [-0.3, -0.25) is 0 Å². The molecule has 96 valence electrons. The number of aliphatic hydroxyl groups is 1. The number of ether oxygens (including phenoxy) is 1. The Kier molecular flexibility index (Phi) is 6.40. The number of pyridine rings is 1. The van der Waals surface area contributed by atoms with Crippen LogP contribution in [0.4, 0.5) is 5.82 Å². The third-order valence-corrected chi connectivity index (χ3v) is 2.36. The Bertz CT molecular complexity index is 318. The van der Waals surface area contributed by atoms with Crippen LogP contribution in [-0.2, 0) is 0 Å². The van der Waals surface area contributed by atoms with Gasteiger partial charge in [0.1, 0.15) is 0 Å². The normalized spacial score (nSPS) is 12.2. The molecule has 0 aliphatic heterocycles. The van der Waals surface area contributed by atoms with Gasteiger partial charge in [0.05, 0.1) is 12.7 Å². The minimum Gasteiger partial charge on any atom is -0.490 e. The fraction of sp³-hybridized carbons (Fsp3) is 0.615. The van der Waals surface area contributed by atoms with Crippen molar-refractivity contribution in [3.63, 3.8) is 0 Å². The lowest BCUT2D eigenvalue weighted by Crippen LogP contribution is -2.20. The number of nitrogens with one attached hydrogen (secondary N) is 1. The highest BCUT2D eigenvalue weighted by molar-refractivity contribution is 5.49. The van der Waals surface area contributed by atoms with Gasteiger partial charge in [-0.25, -0.2) is 4.98 Å². The topological polar surface area (TPSA) is 54.4 Å². The number of aliphatic hydroxyl groups excluding tert-OH is 1. The maximum absolute atomic E-state index is 9.65. The molecule has 2 N–H and O–H groups in total. The molecule has 0 bridgehead atoms. The van der Waals surface area contributed by atoms with Crippen molar-refractivity contribution in [2.75, 3.05) is 18.5 Å². The van der Waals surface area contributed by atoms with E-state index in [4.69, 9.17) is 4.74 Å². The van der Waals surface area contributed by atoms with Crippen LogP contribution in [0.15, 0.2) is 18.3 Å². The summed E-state index contributed by atoms with van der Waals surface area (Å²) in [6, 6.07) is 3.73. The van der Waals surface area contributed by atoms with Gasteiger partial charge in [0.25, 0.3) is 0 Å². The lowest BCUT2D eigenvalue weighted by molar-refractivity contribution is 0.176. The van der Waals surface area contributed by atoms with Gasteiger partial charge in [-0.15, -0.1) is 0 Å². The van der Waals surface area contributed by atoms with E-state index in [0.717, 1.165) is 25.0 Å². The Balaban J connectivity index is 2.51. The Morgan fingerprint density at radius 3 is 2.94 bits per heavy atom. The molecule has 0 spiro atoms. The minimum absolute atomic E-state index is 0.332. The van der Waals surface area contributed by atoms with Gasteiger partial charge >= 0.3 is 0 Å². The molecule has 0 aromatic carbocycles. The van der Waals surface area contributed by atoms with Crippen molar-refractivity contribution in [1.82, 2.24) is 4.98 Å². The SMILES string of the molecule is CCCOc1cccnc1NCC(O)CCC. The third kappa shape index (κ3) is 5.04. The number of rotatable bonds is 8. The van der Waals surface area contributed by atoms with Crippen LogP contribution in [0.3, 0.4) is 0 Å². The van der Waals surface area contributed by atoms with Crippen molar-refractivity contribution >= 4 is 5.82 Å². The van der Waals surface area contributed by atoms with Crippen LogP contribution in [-0.4, -0.2) is 29.3 Å². The molecule has 0 amide bonds. The Hall–Kier alpha value is -1.29. The zero-order chi connectivity index (χ0) is 12.5. The van der Waals surface area contributed by atoms with Crippen molar-refractivity contribution in [1.29, 1.82) is 0 Å². The number of nitrogens with zero attached hydrogens (tertiary/aromatic N) is 1. The number of hydrogen-bond donors (Lipinski definition) is 2. The molecule has 1 unspecified atom stereocenters. The van der Waals surface area contributed by atoms with Crippen LogP contribution in [0.1, 0.15) is 33.1 Å². The average molecular weight is 238 g/mol. The fourth-order valence-corrected chi connectivity index (χ4v) is 1.50. The van der Waals surface area contributed by atoms with Crippen molar-refractivity contribution < 1.29 is 9.84 Å². The molecular weight excluding hydrogens is 216 g/mol. The molecule has 4 nitrogen and oxygen atoms in total. The molecule has 1 heterocycles. The minimum atomic E-state index is -0.332. The number of hydrogen-bond acceptors (Lipinski definition) is 4. The van der Waals surface area contributed by atoms with Gasteiger partial charge in [0, 0.05) is 12.7 Å². The van der Waals surface area contributed by atoms with E-state index >= 15 is 0 Å². The quantitative estimate of drug-likeness (QED) is 0.730. The lowest BCUT2D eigenvalue weighted by atomic mass is 10.2. The first kappa shape index (κ1) is 13.8.